The molecule has 1 aromatic rings. The molecule has 0 saturated heterocycles. The average Bonchev–Trinajstić information content (AvgIpc) is 2.63. The van der Waals surface area contributed by atoms with Gasteiger partial charge in [0.05, 0.1) is 12.1 Å². The zero-order valence-electron chi connectivity index (χ0n) is 8.97. The molecule has 0 aromatic carbocycles. The van der Waals surface area contributed by atoms with Gasteiger partial charge in [-0.2, -0.15) is 13.2 Å². The Hall–Kier alpha value is -0.660. The molecule has 0 aliphatic rings. The van der Waals surface area contributed by atoms with Crippen molar-refractivity contribution in [3.8, 4) is 0 Å². The number of aromatic nitrogens is 1. The van der Waals surface area contributed by atoms with Gasteiger partial charge in [-0.25, -0.2) is 4.98 Å². The standard InChI is InChI=1S/C9H13F3N2OS/c1-3-15-5-8(2,13)6-4-14-7(16-6)9(10,11)12/h4H,3,5,13H2,1-2H3. The maximum absolute atomic E-state index is 12.3. The lowest BCUT2D eigenvalue weighted by Crippen LogP contribution is -2.37. The van der Waals surface area contributed by atoms with Gasteiger partial charge in [0.15, 0.2) is 5.01 Å². The van der Waals surface area contributed by atoms with Crippen LogP contribution >= 0.6 is 11.3 Å². The number of hydrogen-bond donors (Lipinski definition) is 1. The van der Waals surface area contributed by atoms with Crippen molar-refractivity contribution in [2.24, 2.45) is 5.73 Å². The highest BCUT2D eigenvalue weighted by Crippen LogP contribution is 2.35. The van der Waals surface area contributed by atoms with E-state index in [1.807, 2.05) is 0 Å². The molecule has 0 aliphatic carbocycles. The fourth-order valence-electron chi connectivity index (χ4n) is 1.05. The van der Waals surface area contributed by atoms with E-state index in [2.05, 4.69) is 4.98 Å². The van der Waals surface area contributed by atoms with Crippen molar-refractivity contribution >= 4 is 11.3 Å². The molecule has 0 saturated carbocycles. The maximum Gasteiger partial charge on any atom is 0.443 e. The minimum atomic E-state index is -4.41. The molecule has 16 heavy (non-hydrogen) atoms. The predicted molar refractivity (Wildman–Crippen MR) is 55.1 cm³/mol. The number of nitrogens with two attached hydrogens (primary N) is 1. The van der Waals surface area contributed by atoms with Crippen LogP contribution in [-0.2, 0) is 16.5 Å². The molecule has 1 rings (SSSR count). The minimum absolute atomic E-state index is 0.170. The van der Waals surface area contributed by atoms with Gasteiger partial charge in [0.25, 0.3) is 0 Å². The first-order valence-electron chi connectivity index (χ1n) is 4.67. The average molecular weight is 254 g/mol. The van der Waals surface area contributed by atoms with E-state index >= 15 is 0 Å². The Kier molecular flexibility index (Phi) is 3.92. The maximum atomic E-state index is 12.3. The van der Waals surface area contributed by atoms with Crippen LogP contribution in [0.25, 0.3) is 0 Å². The molecule has 3 nitrogen and oxygen atoms in total. The van der Waals surface area contributed by atoms with E-state index in [0.717, 1.165) is 6.20 Å². The van der Waals surface area contributed by atoms with Gasteiger partial charge in [-0.05, 0) is 13.8 Å². The monoisotopic (exact) mass is 254 g/mol. The summed E-state index contributed by atoms with van der Waals surface area (Å²) >= 11 is 0.556. The van der Waals surface area contributed by atoms with Crippen molar-refractivity contribution in [1.82, 2.24) is 4.98 Å². The minimum Gasteiger partial charge on any atom is -0.379 e. The van der Waals surface area contributed by atoms with Crippen molar-refractivity contribution in [1.29, 1.82) is 0 Å². The summed E-state index contributed by atoms with van der Waals surface area (Å²) in [7, 11) is 0. The summed E-state index contributed by atoms with van der Waals surface area (Å²) in [6, 6.07) is 0. The number of rotatable bonds is 4. The van der Waals surface area contributed by atoms with Crippen LogP contribution < -0.4 is 5.73 Å². The molecule has 0 aliphatic heterocycles. The summed E-state index contributed by atoms with van der Waals surface area (Å²) in [5.41, 5.74) is 4.93. The van der Waals surface area contributed by atoms with Crippen molar-refractivity contribution < 1.29 is 17.9 Å². The molecule has 1 unspecified atom stereocenters. The molecule has 0 spiro atoms. The fourth-order valence-corrected chi connectivity index (χ4v) is 1.88. The molecule has 7 heteroatoms. The third kappa shape index (κ3) is 3.16. The summed E-state index contributed by atoms with van der Waals surface area (Å²) in [6.45, 7) is 4.06. The lowest BCUT2D eigenvalue weighted by atomic mass is 10.0. The second-order valence-corrected chi connectivity index (χ2v) is 4.61. The lowest BCUT2D eigenvalue weighted by Gasteiger charge is -2.22. The molecule has 1 aromatic heterocycles. The quantitative estimate of drug-likeness (QED) is 0.897. The Labute approximate surface area is 95.4 Å². The summed E-state index contributed by atoms with van der Waals surface area (Å²) < 4.78 is 42.1. The molecule has 0 radical (unpaired) electrons. The second kappa shape index (κ2) is 4.68. The number of thiazole rings is 1. The summed E-state index contributed by atoms with van der Waals surface area (Å²) in [4.78, 5) is 3.69. The van der Waals surface area contributed by atoms with Crippen LogP contribution in [0.5, 0.6) is 0 Å². The highest BCUT2D eigenvalue weighted by Gasteiger charge is 2.36. The molecule has 0 amide bonds. The van der Waals surface area contributed by atoms with Crippen LogP contribution in [0.1, 0.15) is 23.7 Å². The Morgan fingerprint density at radius 2 is 2.12 bits per heavy atom. The highest BCUT2D eigenvalue weighted by atomic mass is 32.1. The van der Waals surface area contributed by atoms with Gasteiger partial charge in [-0.3, -0.25) is 0 Å². The largest absolute Gasteiger partial charge is 0.443 e. The van der Waals surface area contributed by atoms with Crippen LogP contribution in [0, 0.1) is 0 Å². The Balaban J connectivity index is 2.84. The highest BCUT2D eigenvalue weighted by molar-refractivity contribution is 7.11. The van der Waals surface area contributed by atoms with Crippen LogP contribution in [0.3, 0.4) is 0 Å². The summed E-state index contributed by atoms with van der Waals surface area (Å²) in [6.07, 6.45) is -3.25. The molecular weight excluding hydrogens is 241 g/mol. The zero-order chi connectivity index (χ0) is 12.4. The van der Waals surface area contributed by atoms with E-state index in [-0.39, 0.29) is 6.61 Å². The smallest absolute Gasteiger partial charge is 0.379 e. The van der Waals surface area contributed by atoms with Crippen LogP contribution in [0.15, 0.2) is 6.20 Å². The number of alkyl halides is 3. The fraction of sp³-hybridized carbons (Fsp3) is 0.667. The predicted octanol–water partition coefficient (Wildman–Crippen LogP) is 2.37. The van der Waals surface area contributed by atoms with E-state index in [1.54, 1.807) is 13.8 Å². The van der Waals surface area contributed by atoms with Gasteiger partial charge < -0.3 is 10.5 Å². The SMILES string of the molecule is CCOCC(C)(N)c1cnc(C(F)(F)F)s1. The molecule has 92 valence electrons. The molecule has 2 N–H and O–H groups in total. The first-order chi connectivity index (χ1) is 7.27. The number of hydrogen-bond acceptors (Lipinski definition) is 4. The number of ether oxygens (including phenoxy) is 1. The third-order valence-corrected chi connectivity index (χ3v) is 3.24. The van der Waals surface area contributed by atoms with Gasteiger partial charge in [-0.15, -0.1) is 11.3 Å². The van der Waals surface area contributed by atoms with E-state index in [9.17, 15) is 13.2 Å². The van der Waals surface area contributed by atoms with Gasteiger partial charge in [-0.1, -0.05) is 0 Å². The second-order valence-electron chi connectivity index (χ2n) is 3.58. The van der Waals surface area contributed by atoms with Crippen molar-refractivity contribution in [2.75, 3.05) is 13.2 Å². The zero-order valence-corrected chi connectivity index (χ0v) is 9.78. The normalized spacial score (nSPS) is 16.1. The van der Waals surface area contributed by atoms with E-state index in [1.165, 1.54) is 0 Å². The van der Waals surface area contributed by atoms with Crippen molar-refractivity contribution in [3.05, 3.63) is 16.1 Å². The van der Waals surface area contributed by atoms with Crippen LogP contribution in [0.4, 0.5) is 13.2 Å². The Bertz CT molecular complexity index is 349. The molecule has 1 heterocycles. The van der Waals surface area contributed by atoms with Gasteiger partial charge in [0, 0.05) is 17.7 Å². The molecule has 0 bridgehead atoms. The van der Waals surface area contributed by atoms with Crippen LogP contribution in [-0.4, -0.2) is 18.2 Å². The Morgan fingerprint density at radius 3 is 2.56 bits per heavy atom. The van der Waals surface area contributed by atoms with Gasteiger partial charge >= 0.3 is 6.18 Å². The van der Waals surface area contributed by atoms with E-state index < -0.39 is 16.7 Å². The molecule has 0 fully saturated rings. The first-order valence-corrected chi connectivity index (χ1v) is 5.49. The van der Waals surface area contributed by atoms with Crippen LogP contribution in [0.2, 0.25) is 0 Å². The Morgan fingerprint density at radius 1 is 1.50 bits per heavy atom. The van der Waals surface area contributed by atoms with Crippen molar-refractivity contribution in [2.45, 2.75) is 25.6 Å². The van der Waals surface area contributed by atoms with Gasteiger partial charge in [0.2, 0.25) is 0 Å². The van der Waals surface area contributed by atoms with E-state index in [4.69, 9.17) is 10.5 Å². The number of halogens is 3. The first kappa shape index (κ1) is 13.4. The molecular formula is C9H13F3N2OS. The number of nitrogens with zero attached hydrogens (tertiary/aromatic N) is 1. The summed E-state index contributed by atoms with van der Waals surface area (Å²) in [5.74, 6) is 0. The lowest BCUT2D eigenvalue weighted by molar-refractivity contribution is -0.137. The van der Waals surface area contributed by atoms with E-state index in [0.29, 0.717) is 22.8 Å². The topological polar surface area (TPSA) is 48.1 Å². The third-order valence-electron chi connectivity index (χ3n) is 1.92. The van der Waals surface area contributed by atoms with Gasteiger partial charge in [0.1, 0.15) is 0 Å². The van der Waals surface area contributed by atoms with Crippen molar-refractivity contribution in [3.63, 3.8) is 0 Å². The summed E-state index contributed by atoms with van der Waals surface area (Å²) in [5, 5.41) is -0.879. The molecule has 1 atom stereocenters.